The largest absolute Gasteiger partial charge is 0.352 e. The van der Waals surface area contributed by atoms with Crippen molar-refractivity contribution in [1.82, 2.24) is 30.2 Å². The number of rotatable bonds is 10. The van der Waals surface area contributed by atoms with Crippen LogP contribution in [0.1, 0.15) is 6.42 Å². The Morgan fingerprint density at radius 3 is 1.36 bits per heavy atom. The van der Waals surface area contributed by atoms with Crippen molar-refractivity contribution in [2.24, 2.45) is 11.8 Å². The van der Waals surface area contributed by atoms with E-state index in [0.29, 0.717) is 85.0 Å². The van der Waals surface area contributed by atoms with Crippen molar-refractivity contribution in [1.29, 1.82) is 0 Å². The van der Waals surface area contributed by atoms with Gasteiger partial charge in [-0.25, -0.2) is 0 Å². The highest BCUT2D eigenvalue weighted by Crippen LogP contribution is 2.41. The minimum atomic E-state index is -0.220. The second-order valence-electron chi connectivity index (χ2n) is 8.84. The first-order valence-electron chi connectivity index (χ1n) is 11.7. The SMILES string of the molecule is C=CCNC(=O)CN1CCN(C(=O)C2CC2C(=O)N2CCN(CC(=O)NCC=C)CC2)CC1. The Morgan fingerprint density at radius 2 is 1.03 bits per heavy atom. The summed E-state index contributed by atoms with van der Waals surface area (Å²) in [4.78, 5) is 57.2. The van der Waals surface area contributed by atoms with Crippen molar-refractivity contribution in [3.63, 3.8) is 0 Å². The van der Waals surface area contributed by atoms with Crippen LogP contribution in [0.15, 0.2) is 25.3 Å². The summed E-state index contributed by atoms with van der Waals surface area (Å²) in [6, 6.07) is 0. The molecule has 2 aliphatic heterocycles. The lowest BCUT2D eigenvalue weighted by molar-refractivity contribution is -0.140. The number of nitrogens with zero attached hydrogens (tertiary/aromatic N) is 4. The van der Waals surface area contributed by atoms with Crippen molar-refractivity contribution in [2.75, 3.05) is 78.5 Å². The molecule has 3 aliphatic rings. The number of hydrogen-bond donors (Lipinski definition) is 2. The highest BCUT2D eigenvalue weighted by molar-refractivity contribution is 5.92. The fourth-order valence-electron chi connectivity index (χ4n) is 4.35. The van der Waals surface area contributed by atoms with Gasteiger partial charge in [-0.05, 0) is 6.42 Å². The average molecular weight is 461 g/mol. The van der Waals surface area contributed by atoms with Crippen LogP contribution < -0.4 is 10.6 Å². The van der Waals surface area contributed by atoms with Gasteiger partial charge in [-0.2, -0.15) is 0 Å². The summed E-state index contributed by atoms with van der Waals surface area (Å²) in [5.74, 6) is -0.409. The Hall–Kier alpha value is -2.72. The van der Waals surface area contributed by atoms with Crippen molar-refractivity contribution in [3.8, 4) is 0 Å². The zero-order chi connectivity index (χ0) is 23.8. The maximum Gasteiger partial charge on any atom is 0.234 e. The molecule has 0 bridgehead atoms. The molecule has 1 saturated carbocycles. The lowest BCUT2D eigenvalue weighted by Gasteiger charge is -2.35. The van der Waals surface area contributed by atoms with Gasteiger partial charge in [0.05, 0.1) is 24.9 Å². The molecule has 10 nitrogen and oxygen atoms in total. The maximum atomic E-state index is 12.9. The van der Waals surface area contributed by atoms with Crippen LogP contribution in [0.25, 0.3) is 0 Å². The first-order valence-corrected chi connectivity index (χ1v) is 11.7. The van der Waals surface area contributed by atoms with E-state index >= 15 is 0 Å². The number of carbonyl (C=O) groups is 4. The van der Waals surface area contributed by atoms with Crippen LogP contribution in [0.4, 0.5) is 0 Å². The Labute approximate surface area is 195 Å². The third-order valence-electron chi connectivity index (χ3n) is 6.41. The molecule has 0 aromatic rings. The molecule has 3 fully saturated rings. The van der Waals surface area contributed by atoms with Crippen LogP contribution in [-0.4, -0.2) is 122 Å². The Bertz CT molecular complexity index is 694. The molecule has 33 heavy (non-hydrogen) atoms. The van der Waals surface area contributed by atoms with Gasteiger partial charge in [0.2, 0.25) is 23.6 Å². The number of amides is 4. The monoisotopic (exact) mass is 460 g/mol. The topological polar surface area (TPSA) is 105 Å². The molecule has 3 rings (SSSR count). The molecular weight excluding hydrogens is 424 g/mol. The first-order chi connectivity index (χ1) is 15.9. The number of nitrogens with one attached hydrogen (secondary N) is 2. The van der Waals surface area contributed by atoms with E-state index in [1.165, 1.54) is 0 Å². The van der Waals surface area contributed by atoms with Gasteiger partial charge in [0.25, 0.3) is 0 Å². The second-order valence-corrected chi connectivity index (χ2v) is 8.84. The molecule has 10 heteroatoms. The van der Waals surface area contributed by atoms with Crippen molar-refractivity contribution in [3.05, 3.63) is 25.3 Å². The summed E-state index contributed by atoms with van der Waals surface area (Å²) in [6.07, 6.45) is 3.91. The van der Waals surface area contributed by atoms with Gasteiger partial charge in [0.15, 0.2) is 0 Å². The van der Waals surface area contributed by atoms with Crippen molar-refractivity contribution in [2.45, 2.75) is 6.42 Å². The van der Waals surface area contributed by atoms with E-state index in [1.807, 2.05) is 19.6 Å². The van der Waals surface area contributed by atoms with Crippen molar-refractivity contribution < 1.29 is 19.2 Å². The van der Waals surface area contributed by atoms with Gasteiger partial charge < -0.3 is 20.4 Å². The molecule has 2 unspecified atom stereocenters. The molecule has 2 heterocycles. The quantitative estimate of drug-likeness (QED) is 0.385. The van der Waals surface area contributed by atoms with Crippen LogP contribution in [-0.2, 0) is 19.2 Å². The summed E-state index contributed by atoms with van der Waals surface area (Å²) < 4.78 is 0. The summed E-state index contributed by atoms with van der Waals surface area (Å²) in [5, 5.41) is 5.53. The van der Waals surface area contributed by atoms with E-state index in [-0.39, 0.29) is 35.5 Å². The molecular formula is C23H36N6O4. The van der Waals surface area contributed by atoms with E-state index in [4.69, 9.17) is 0 Å². The van der Waals surface area contributed by atoms with Crippen LogP contribution >= 0.6 is 0 Å². The molecule has 0 aromatic heterocycles. The van der Waals surface area contributed by atoms with Crippen LogP contribution in [0, 0.1) is 11.8 Å². The first kappa shape index (κ1) is 24.9. The molecule has 0 spiro atoms. The molecule has 2 atom stereocenters. The van der Waals surface area contributed by atoms with Gasteiger partial charge in [-0.1, -0.05) is 12.2 Å². The van der Waals surface area contributed by atoms with Gasteiger partial charge >= 0.3 is 0 Å². The minimum absolute atomic E-state index is 0.0416. The third-order valence-corrected chi connectivity index (χ3v) is 6.41. The molecule has 182 valence electrons. The van der Waals surface area contributed by atoms with E-state index < -0.39 is 0 Å². The summed E-state index contributed by atoms with van der Waals surface area (Å²) in [7, 11) is 0. The third kappa shape index (κ3) is 7.13. The zero-order valence-corrected chi connectivity index (χ0v) is 19.3. The second kappa shape index (κ2) is 11.9. The summed E-state index contributed by atoms with van der Waals surface area (Å²) in [6.45, 7) is 13.7. The molecule has 1 aliphatic carbocycles. The highest BCUT2D eigenvalue weighted by atomic mass is 16.2. The predicted octanol–water partition coefficient (Wildman–Crippen LogP) is -1.48. The lowest BCUT2D eigenvalue weighted by atomic mass is 10.2. The minimum Gasteiger partial charge on any atom is -0.352 e. The number of hydrogen-bond acceptors (Lipinski definition) is 6. The fraction of sp³-hybridized carbons (Fsp3) is 0.652. The van der Waals surface area contributed by atoms with Crippen LogP contribution in [0.5, 0.6) is 0 Å². The van der Waals surface area contributed by atoms with Gasteiger partial charge in [-0.3, -0.25) is 29.0 Å². The molecule has 0 radical (unpaired) electrons. The van der Waals surface area contributed by atoms with Crippen molar-refractivity contribution >= 4 is 23.6 Å². The molecule has 4 amide bonds. The van der Waals surface area contributed by atoms with Crippen LogP contribution in [0.3, 0.4) is 0 Å². The van der Waals surface area contributed by atoms with Gasteiger partial charge in [0, 0.05) is 65.4 Å². The summed E-state index contributed by atoms with van der Waals surface area (Å²) in [5.41, 5.74) is 0. The smallest absolute Gasteiger partial charge is 0.234 e. The van der Waals surface area contributed by atoms with Gasteiger partial charge in [0.1, 0.15) is 0 Å². The molecule has 2 saturated heterocycles. The van der Waals surface area contributed by atoms with E-state index in [2.05, 4.69) is 23.8 Å². The standard InChI is InChI=1S/C23H36N6O4/c1-3-5-24-20(30)16-26-7-11-28(12-8-26)22(32)18-15-19(18)23(33)29-13-9-27(10-14-29)17-21(31)25-6-4-2/h3-4,18-19H,1-2,5-17H2,(H,24,30)(H,25,31). The predicted molar refractivity (Wildman–Crippen MR) is 124 cm³/mol. The van der Waals surface area contributed by atoms with E-state index in [9.17, 15) is 19.2 Å². The fourth-order valence-corrected chi connectivity index (χ4v) is 4.35. The molecule has 0 aromatic carbocycles. The Balaban J connectivity index is 1.35. The lowest BCUT2D eigenvalue weighted by Crippen LogP contribution is -2.52. The number of carbonyl (C=O) groups excluding carboxylic acids is 4. The Morgan fingerprint density at radius 1 is 0.667 bits per heavy atom. The highest BCUT2D eigenvalue weighted by Gasteiger charge is 2.51. The van der Waals surface area contributed by atoms with E-state index in [0.717, 1.165) is 0 Å². The normalized spacial score (nSPS) is 23.5. The van der Waals surface area contributed by atoms with E-state index in [1.54, 1.807) is 12.2 Å². The van der Waals surface area contributed by atoms with Gasteiger partial charge in [-0.15, -0.1) is 13.2 Å². The maximum absolute atomic E-state index is 12.9. The molecule has 2 N–H and O–H groups in total. The zero-order valence-electron chi connectivity index (χ0n) is 19.3. The Kier molecular flexibility index (Phi) is 9.02. The average Bonchev–Trinajstić information content (AvgIpc) is 3.62. The summed E-state index contributed by atoms with van der Waals surface area (Å²) >= 11 is 0. The van der Waals surface area contributed by atoms with Crippen LogP contribution in [0.2, 0.25) is 0 Å². The number of piperazine rings is 2.